The van der Waals surface area contributed by atoms with Gasteiger partial charge in [-0.1, -0.05) is 0 Å². The molecule has 0 atom stereocenters. The van der Waals surface area contributed by atoms with Crippen LogP contribution in [0.3, 0.4) is 0 Å². The van der Waals surface area contributed by atoms with Gasteiger partial charge in [0.2, 0.25) is 0 Å². The van der Waals surface area contributed by atoms with Gasteiger partial charge >= 0.3 is 0 Å². The minimum absolute atomic E-state index is 0.176. The molecule has 0 unspecified atom stereocenters. The molecule has 1 saturated heterocycles. The number of nitrogens with one attached hydrogen (secondary N) is 1. The van der Waals surface area contributed by atoms with E-state index in [1.54, 1.807) is 4.90 Å². The van der Waals surface area contributed by atoms with Gasteiger partial charge in [-0.05, 0) is 29.7 Å². The summed E-state index contributed by atoms with van der Waals surface area (Å²) in [6, 6.07) is 5.39. The van der Waals surface area contributed by atoms with Gasteiger partial charge in [0, 0.05) is 18.5 Å². The fraction of sp³-hybridized carbons (Fsp3) is 0.286. The molecule has 1 aliphatic heterocycles. The van der Waals surface area contributed by atoms with E-state index in [4.69, 9.17) is 4.74 Å². The summed E-state index contributed by atoms with van der Waals surface area (Å²) in [7, 11) is 0. The van der Waals surface area contributed by atoms with Crippen LogP contribution in [0.2, 0.25) is 0 Å². The molecule has 2 aromatic rings. The van der Waals surface area contributed by atoms with Crippen molar-refractivity contribution in [2.24, 2.45) is 0 Å². The van der Waals surface area contributed by atoms with Crippen LogP contribution in [-0.2, 0) is 4.74 Å². The molecule has 1 aromatic heterocycles. The van der Waals surface area contributed by atoms with Crippen LogP contribution in [0.25, 0.3) is 10.8 Å². The van der Waals surface area contributed by atoms with Gasteiger partial charge in [-0.2, -0.15) is 0 Å². The molecule has 1 amide bonds. The molecule has 1 fully saturated rings. The summed E-state index contributed by atoms with van der Waals surface area (Å²) in [5, 5.41) is 0.787. The van der Waals surface area contributed by atoms with E-state index in [2.05, 4.69) is 4.98 Å². The number of pyridine rings is 1. The zero-order valence-electron chi connectivity index (χ0n) is 10.7. The number of H-pyrrole nitrogens is 1. The highest BCUT2D eigenvalue weighted by Gasteiger charge is 2.19. The second-order valence-electron chi connectivity index (χ2n) is 4.65. The van der Waals surface area contributed by atoms with Gasteiger partial charge < -0.3 is 14.6 Å². The molecule has 3 rings (SSSR count). The van der Waals surface area contributed by atoms with E-state index in [0.717, 1.165) is 0 Å². The predicted octanol–water partition coefficient (Wildman–Crippen LogP) is 1.14. The maximum atomic E-state index is 13.2. The van der Waals surface area contributed by atoms with Gasteiger partial charge in [0.1, 0.15) is 11.5 Å². The number of ether oxygens (including phenoxy) is 1. The van der Waals surface area contributed by atoms with Gasteiger partial charge in [-0.25, -0.2) is 4.39 Å². The number of fused-ring (bicyclic) bond motifs is 1. The Balaban J connectivity index is 2.03. The highest BCUT2D eigenvalue weighted by molar-refractivity contribution is 5.96. The number of carbonyl (C=O) groups excluding carboxylic acids is 1. The molecular weight excluding hydrogens is 263 g/mol. The first-order valence-electron chi connectivity index (χ1n) is 6.35. The van der Waals surface area contributed by atoms with Gasteiger partial charge in [0.05, 0.1) is 13.2 Å². The number of hydrogen-bond donors (Lipinski definition) is 1. The van der Waals surface area contributed by atoms with Crippen molar-refractivity contribution in [1.29, 1.82) is 0 Å². The molecule has 1 aliphatic rings. The second-order valence-corrected chi connectivity index (χ2v) is 4.65. The number of aromatic amines is 1. The minimum atomic E-state index is -0.437. The van der Waals surface area contributed by atoms with Crippen LogP contribution in [0.15, 0.2) is 29.1 Å². The van der Waals surface area contributed by atoms with Crippen molar-refractivity contribution in [3.8, 4) is 0 Å². The summed E-state index contributed by atoms with van der Waals surface area (Å²) in [5.41, 5.74) is -0.214. The van der Waals surface area contributed by atoms with E-state index in [-0.39, 0.29) is 17.2 Å². The van der Waals surface area contributed by atoms with Crippen LogP contribution in [0.5, 0.6) is 0 Å². The third kappa shape index (κ3) is 2.30. The topological polar surface area (TPSA) is 62.4 Å². The highest BCUT2D eigenvalue weighted by atomic mass is 19.1. The summed E-state index contributed by atoms with van der Waals surface area (Å²) in [6.45, 7) is 1.94. The molecule has 104 valence electrons. The Morgan fingerprint density at radius 3 is 2.75 bits per heavy atom. The van der Waals surface area contributed by atoms with Crippen LogP contribution in [0.4, 0.5) is 4.39 Å². The molecule has 1 N–H and O–H groups in total. The lowest BCUT2D eigenvalue weighted by atomic mass is 10.1. The molecule has 0 saturated carbocycles. The first-order valence-corrected chi connectivity index (χ1v) is 6.35. The average molecular weight is 276 g/mol. The summed E-state index contributed by atoms with van der Waals surface area (Å²) in [4.78, 5) is 28.4. The van der Waals surface area contributed by atoms with Crippen molar-refractivity contribution < 1.29 is 13.9 Å². The van der Waals surface area contributed by atoms with Crippen molar-refractivity contribution in [3.63, 3.8) is 0 Å². The van der Waals surface area contributed by atoms with Gasteiger partial charge in [0.15, 0.2) is 0 Å². The van der Waals surface area contributed by atoms with Crippen LogP contribution < -0.4 is 5.56 Å². The number of hydrogen-bond acceptors (Lipinski definition) is 3. The summed E-state index contributed by atoms with van der Waals surface area (Å²) < 4.78 is 18.4. The molecule has 0 radical (unpaired) electrons. The Morgan fingerprint density at radius 1 is 1.25 bits per heavy atom. The number of nitrogens with zero attached hydrogens (tertiary/aromatic N) is 1. The summed E-state index contributed by atoms with van der Waals surface area (Å²) in [5.74, 6) is -0.704. The van der Waals surface area contributed by atoms with Crippen LogP contribution in [0.1, 0.15) is 10.5 Å². The summed E-state index contributed by atoms with van der Waals surface area (Å²) >= 11 is 0. The molecule has 0 bridgehead atoms. The van der Waals surface area contributed by atoms with Gasteiger partial charge in [0.25, 0.3) is 11.5 Å². The lowest BCUT2D eigenvalue weighted by Crippen LogP contribution is -2.41. The molecule has 0 aliphatic carbocycles. The Hall–Kier alpha value is -2.21. The molecule has 20 heavy (non-hydrogen) atoms. The monoisotopic (exact) mass is 276 g/mol. The molecule has 1 aromatic carbocycles. The Bertz CT molecular complexity index is 720. The number of morpholine rings is 1. The lowest BCUT2D eigenvalue weighted by Gasteiger charge is -2.26. The van der Waals surface area contributed by atoms with E-state index in [1.807, 2.05) is 0 Å². The average Bonchev–Trinajstić information content (AvgIpc) is 2.46. The van der Waals surface area contributed by atoms with Crippen molar-refractivity contribution in [3.05, 3.63) is 46.1 Å². The van der Waals surface area contributed by atoms with E-state index in [0.29, 0.717) is 37.1 Å². The summed E-state index contributed by atoms with van der Waals surface area (Å²) in [6.07, 6.45) is 0. The van der Waals surface area contributed by atoms with Crippen molar-refractivity contribution in [2.45, 2.75) is 0 Å². The van der Waals surface area contributed by atoms with E-state index in [9.17, 15) is 14.0 Å². The van der Waals surface area contributed by atoms with Gasteiger partial charge in [-0.3, -0.25) is 9.59 Å². The number of aromatic nitrogens is 1. The van der Waals surface area contributed by atoms with Crippen LogP contribution >= 0.6 is 0 Å². The van der Waals surface area contributed by atoms with Crippen LogP contribution in [-0.4, -0.2) is 42.1 Å². The first-order chi connectivity index (χ1) is 9.65. The van der Waals surface area contributed by atoms with E-state index in [1.165, 1.54) is 24.3 Å². The smallest absolute Gasteiger partial charge is 0.270 e. The number of amides is 1. The molecule has 2 heterocycles. The van der Waals surface area contributed by atoms with E-state index < -0.39 is 5.82 Å². The quantitative estimate of drug-likeness (QED) is 0.849. The fourth-order valence-corrected chi connectivity index (χ4v) is 2.29. The van der Waals surface area contributed by atoms with Crippen molar-refractivity contribution in [2.75, 3.05) is 26.3 Å². The standard InChI is InChI=1S/C14H13FN2O3/c15-10-1-2-11-9(7-10)8-12(16-13(11)18)14(19)17-3-5-20-6-4-17/h1-2,7-8H,3-6H2,(H,16,18). The van der Waals surface area contributed by atoms with Gasteiger partial charge in [-0.15, -0.1) is 0 Å². The zero-order valence-corrected chi connectivity index (χ0v) is 10.7. The van der Waals surface area contributed by atoms with Crippen LogP contribution in [0, 0.1) is 5.82 Å². The maximum absolute atomic E-state index is 13.2. The van der Waals surface area contributed by atoms with Crippen molar-refractivity contribution in [1.82, 2.24) is 9.88 Å². The SMILES string of the molecule is O=C(c1cc2cc(F)ccc2c(=O)[nH]1)N1CCOCC1. The number of benzene rings is 1. The number of carbonyl (C=O) groups is 1. The molecule has 0 spiro atoms. The molecule has 6 heteroatoms. The third-order valence-corrected chi connectivity index (χ3v) is 3.33. The minimum Gasteiger partial charge on any atom is -0.378 e. The first kappa shape index (κ1) is 12.8. The molecular formula is C14H13FN2O3. The maximum Gasteiger partial charge on any atom is 0.270 e. The predicted molar refractivity (Wildman–Crippen MR) is 71.2 cm³/mol. The third-order valence-electron chi connectivity index (χ3n) is 3.33. The largest absolute Gasteiger partial charge is 0.378 e. The number of halogens is 1. The Kier molecular flexibility index (Phi) is 3.23. The fourth-order valence-electron chi connectivity index (χ4n) is 2.29. The van der Waals surface area contributed by atoms with E-state index >= 15 is 0 Å². The Labute approximate surface area is 114 Å². The second kappa shape index (κ2) is 5.05. The lowest BCUT2D eigenvalue weighted by molar-refractivity contribution is 0.0299. The molecule has 5 nitrogen and oxygen atoms in total. The normalized spacial score (nSPS) is 15.6. The zero-order chi connectivity index (χ0) is 14.1. The Morgan fingerprint density at radius 2 is 2.00 bits per heavy atom. The highest BCUT2D eigenvalue weighted by Crippen LogP contribution is 2.14. The van der Waals surface area contributed by atoms with Crippen molar-refractivity contribution >= 4 is 16.7 Å². The number of rotatable bonds is 1.